The van der Waals surface area contributed by atoms with E-state index < -0.39 is 50.1 Å². The standard InChI is InChI=1S/C16H15NO7S/c1-16(2)12(17-10(18)7-11(17)25(16,21)22)14(20)24-15-9-6-4-3-5-8(9)13(19)23-15/h3-6,11-12,15H,7H2,1-2H3/t11-,12+,15?/m1/s1. The topological polar surface area (TPSA) is 107 Å². The van der Waals surface area contributed by atoms with Gasteiger partial charge >= 0.3 is 11.9 Å². The van der Waals surface area contributed by atoms with Crippen molar-refractivity contribution in [3.05, 3.63) is 35.4 Å². The number of amides is 1. The zero-order valence-corrected chi connectivity index (χ0v) is 14.3. The lowest BCUT2D eigenvalue weighted by Crippen LogP contribution is -2.57. The molecule has 3 aliphatic heterocycles. The van der Waals surface area contributed by atoms with Crippen LogP contribution in [0.4, 0.5) is 0 Å². The summed E-state index contributed by atoms with van der Waals surface area (Å²) in [5.41, 5.74) is 0.683. The molecule has 0 spiro atoms. The number of carbonyl (C=O) groups is 3. The predicted molar refractivity (Wildman–Crippen MR) is 82.7 cm³/mol. The number of sulfone groups is 1. The summed E-state index contributed by atoms with van der Waals surface area (Å²) in [7, 11) is -3.70. The van der Waals surface area contributed by atoms with Crippen molar-refractivity contribution >= 4 is 27.7 Å². The smallest absolute Gasteiger partial charge is 0.342 e. The van der Waals surface area contributed by atoms with Crippen molar-refractivity contribution < 1.29 is 32.3 Å². The van der Waals surface area contributed by atoms with Crippen LogP contribution < -0.4 is 0 Å². The highest BCUT2D eigenvalue weighted by molar-refractivity contribution is 7.93. The molecular formula is C16H15NO7S. The molecule has 0 radical (unpaired) electrons. The van der Waals surface area contributed by atoms with E-state index in [1.807, 2.05) is 0 Å². The van der Waals surface area contributed by atoms with Crippen molar-refractivity contribution in [3.8, 4) is 0 Å². The van der Waals surface area contributed by atoms with Crippen LogP contribution in [0.5, 0.6) is 0 Å². The summed E-state index contributed by atoms with van der Waals surface area (Å²) >= 11 is 0. The zero-order valence-electron chi connectivity index (χ0n) is 13.5. The Morgan fingerprint density at radius 3 is 2.64 bits per heavy atom. The predicted octanol–water partition coefficient (Wildman–Crippen LogP) is 0.533. The van der Waals surface area contributed by atoms with E-state index in [1.165, 1.54) is 13.8 Å². The highest BCUT2D eigenvalue weighted by atomic mass is 32.2. The molecule has 9 heteroatoms. The lowest BCUT2D eigenvalue weighted by atomic mass is 9.98. The molecular weight excluding hydrogens is 350 g/mol. The molecule has 0 saturated carbocycles. The third-order valence-electron chi connectivity index (χ3n) is 5.07. The number of ether oxygens (including phenoxy) is 2. The van der Waals surface area contributed by atoms with Gasteiger partial charge in [-0.25, -0.2) is 18.0 Å². The van der Waals surface area contributed by atoms with E-state index in [1.54, 1.807) is 24.3 Å². The Hall–Kier alpha value is -2.42. The van der Waals surface area contributed by atoms with E-state index in [-0.39, 0.29) is 12.0 Å². The average Bonchev–Trinajstić information content (AvgIpc) is 2.91. The summed E-state index contributed by atoms with van der Waals surface area (Å²) in [6, 6.07) is 5.19. The Morgan fingerprint density at radius 1 is 1.28 bits per heavy atom. The fraction of sp³-hybridized carbons (Fsp3) is 0.438. The number of esters is 2. The molecule has 1 aromatic carbocycles. The van der Waals surface area contributed by atoms with Gasteiger partial charge in [0.25, 0.3) is 6.29 Å². The first-order chi connectivity index (χ1) is 11.7. The van der Waals surface area contributed by atoms with E-state index in [4.69, 9.17) is 9.47 Å². The van der Waals surface area contributed by atoms with Crippen molar-refractivity contribution in [2.45, 2.75) is 42.7 Å². The van der Waals surface area contributed by atoms with Crippen LogP contribution in [0, 0.1) is 0 Å². The lowest BCUT2D eigenvalue weighted by Gasteiger charge is -2.36. The normalized spacial score (nSPS) is 31.0. The van der Waals surface area contributed by atoms with Crippen LogP contribution in [0.25, 0.3) is 0 Å². The summed E-state index contributed by atoms with van der Waals surface area (Å²) in [4.78, 5) is 37.4. The van der Waals surface area contributed by atoms with Gasteiger partial charge in [0.2, 0.25) is 5.91 Å². The third-order valence-corrected chi connectivity index (χ3v) is 7.87. The second-order valence-electron chi connectivity index (χ2n) is 6.77. The fourth-order valence-electron chi connectivity index (χ4n) is 3.58. The average molecular weight is 365 g/mol. The quantitative estimate of drug-likeness (QED) is 0.556. The minimum Gasteiger partial charge on any atom is -0.419 e. The minimum absolute atomic E-state index is 0.128. The Labute approximate surface area is 143 Å². The third kappa shape index (κ3) is 1.92. The van der Waals surface area contributed by atoms with E-state index in [0.717, 1.165) is 4.90 Å². The van der Waals surface area contributed by atoms with E-state index in [2.05, 4.69) is 0 Å². The highest BCUT2D eigenvalue weighted by Crippen LogP contribution is 2.46. The molecule has 4 rings (SSSR count). The molecule has 2 fully saturated rings. The van der Waals surface area contributed by atoms with Crippen LogP contribution in [-0.4, -0.2) is 47.3 Å². The summed E-state index contributed by atoms with van der Waals surface area (Å²) in [5, 5.41) is -0.994. The number of cyclic esters (lactones) is 1. The van der Waals surface area contributed by atoms with Gasteiger partial charge in [-0.15, -0.1) is 0 Å². The van der Waals surface area contributed by atoms with Crippen molar-refractivity contribution in [1.29, 1.82) is 0 Å². The molecule has 1 unspecified atom stereocenters. The molecule has 25 heavy (non-hydrogen) atoms. The van der Waals surface area contributed by atoms with Crippen LogP contribution in [0.2, 0.25) is 0 Å². The number of fused-ring (bicyclic) bond motifs is 2. The van der Waals surface area contributed by atoms with Gasteiger partial charge in [-0.3, -0.25) is 4.79 Å². The van der Waals surface area contributed by atoms with Crippen molar-refractivity contribution in [3.63, 3.8) is 0 Å². The van der Waals surface area contributed by atoms with Crippen molar-refractivity contribution in [2.24, 2.45) is 0 Å². The number of β-lactam (4-membered cyclic amide) rings is 1. The first-order valence-electron chi connectivity index (χ1n) is 7.71. The van der Waals surface area contributed by atoms with E-state index in [9.17, 15) is 22.8 Å². The molecule has 8 nitrogen and oxygen atoms in total. The number of rotatable bonds is 2. The summed E-state index contributed by atoms with van der Waals surface area (Å²) in [6.07, 6.45) is -1.37. The fourth-order valence-corrected chi connectivity index (χ4v) is 5.70. The van der Waals surface area contributed by atoms with Gasteiger partial charge in [0.1, 0.15) is 11.4 Å². The Kier molecular flexibility index (Phi) is 3.09. The number of hydrogen-bond donors (Lipinski definition) is 0. The van der Waals surface area contributed by atoms with Crippen LogP contribution in [0.3, 0.4) is 0 Å². The van der Waals surface area contributed by atoms with Gasteiger partial charge < -0.3 is 14.4 Å². The Balaban J connectivity index is 1.64. The van der Waals surface area contributed by atoms with Crippen molar-refractivity contribution in [1.82, 2.24) is 4.90 Å². The molecule has 3 heterocycles. The van der Waals surface area contributed by atoms with Gasteiger partial charge in [-0.05, 0) is 19.9 Å². The second-order valence-corrected chi connectivity index (χ2v) is 9.46. The molecule has 0 bridgehead atoms. The Morgan fingerprint density at radius 2 is 1.96 bits per heavy atom. The molecule has 1 amide bonds. The van der Waals surface area contributed by atoms with E-state index in [0.29, 0.717) is 5.56 Å². The molecule has 132 valence electrons. The van der Waals surface area contributed by atoms with Crippen LogP contribution >= 0.6 is 0 Å². The Bertz CT molecular complexity index is 920. The van der Waals surface area contributed by atoms with Crippen LogP contribution in [0.15, 0.2) is 24.3 Å². The molecule has 3 aliphatic rings. The maximum Gasteiger partial charge on any atom is 0.342 e. The number of benzene rings is 1. The molecule has 2 saturated heterocycles. The zero-order chi connectivity index (χ0) is 18.1. The maximum absolute atomic E-state index is 12.7. The summed E-state index contributed by atoms with van der Waals surface area (Å²) in [6.45, 7) is 2.79. The lowest BCUT2D eigenvalue weighted by molar-refractivity contribution is -0.179. The van der Waals surface area contributed by atoms with Gasteiger partial charge in [0.05, 0.1) is 16.7 Å². The SMILES string of the molecule is CC1(C)[C@H](C(=O)OC2OC(=O)c3ccccc32)N2C(=O)C[C@H]2S1(=O)=O. The molecule has 1 aromatic rings. The second kappa shape index (κ2) is 4.81. The molecule has 0 N–H and O–H groups in total. The first-order valence-corrected chi connectivity index (χ1v) is 9.26. The molecule has 0 aromatic heterocycles. The van der Waals surface area contributed by atoms with Gasteiger partial charge in [0, 0.05) is 5.56 Å². The van der Waals surface area contributed by atoms with Crippen LogP contribution in [-0.2, 0) is 28.9 Å². The summed E-state index contributed by atoms with van der Waals surface area (Å²) in [5.74, 6) is -1.94. The maximum atomic E-state index is 12.7. The minimum atomic E-state index is -3.70. The highest BCUT2D eigenvalue weighted by Gasteiger charge is 2.68. The monoisotopic (exact) mass is 365 g/mol. The number of nitrogens with zero attached hydrogens (tertiary/aromatic N) is 1. The number of hydrogen-bond acceptors (Lipinski definition) is 7. The number of carbonyl (C=O) groups excluding carboxylic acids is 3. The van der Waals surface area contributed by atoms with E-state index >= 15 is 0 Å². The van der Waals surface area contributed by atoms with Gasteiger partial charge in [0.15, 0.2) is 9.84 Å². The van der Waals surface area contributed by atoms with Gasteiger partial charge in [-0.2, -0.15) is 0 Å². The molecule has 0 aliphatic carbocycles. The van der Waals surface area contributed by atoms with Gasteiger partial charge in [-0.1, -0.05) is 18.2 Å². The van der Waals surface area contributed by atoms with Crippen molar-refractivity contribution in [2.75, 3.05) is 0 Å². The summed E-state index contributed by atoms with van der Waals surface area (Å²) < 4.78 is 33.9. The largest absolute Gasteiger partial charge is 0.419 e. The first kappa shape index (κ1) is 16.1. The van der Waals surface area contributed by atoms with Crippen LogP contribution in [0.1, 0.15) is 42.5 Å². The molecule has 3 atom stereocenters.